The number of aliphatic hydroxyl groups is 1. The van der Waals surface area contributed by atoms with Crippen LogP contribution in [0.4, 0.5) is 0 Å². The summed E-state index contributed by atoms with van der Waals surface area (Å²) < 4.78 is 0. The molecule has 2 saturated carbocycles. The van der Waals surface area contributed by atoms with Gasteiger partial charge in [0.15, 0.2) is 0 Å². The van der Waals surface area contributed by atoms with Crippen LogP contribution >= 0.6 is 0 Å². The highest BCUT2D eigenvalue weighted by Gasteiger charge is 2.43. The molecule has 1 aromatic rings. The van der Waals surface area contributed by atoms with E-state index in [2.05, 4.69) is 31.2 Å². The van der Waals surface area contributed by atoms with Gasteiger partial charge in [-0.05, 0) is 56.4 Å². The van der Waals surface area contributed by atoms with E-state index in [-0.39, 0.29) is 0 Å². The van der Waals surface area contributed by atoms with E-state index in [9.17, 15) is 5.11 Å². The summed E-state index contributed by atoms with van der Waals surface area (Å²) in [6.07, 6.45) is 9.96. The fraction of sp³-hybridized carbons (Fsp3) is 0.647. The lowest BCUT2D eigenvalue weighted by molar-refractivity contribution is -0.0376. The Morgan fingerprint density at radius 3 is 2.22 bits per heavy atom. The molecule has 1 nitrogen and oxygen atoms in total. The van der Waals surface area contributed by atoms with Crippen molar-refractivity contribution in [3.8, 4) is 0 Å². The summed E-state index contributed by atoms with van der Waals surface area (Å²) in [4.78, 5) is 0. The lowest BCUT2D eigenvalue weighted by Gasteiger charge is -2.42. The molecule has 0 unspecified atom stereocenters. The van der Waals surface area contributed by atoms with Crippen LogP contribution in [0.5, 0.6) is 0 Å². The first kappa shape index (κ1) is 12.2. The molecule has 1 aromatic carbocycles. The molecule has 3 rings (SSSR count). The van der Waals surface area contributed by atoms with E-state index < -0.39 is 5.60 Å². The summed E-state index contributed by atoms with van der Waals surface area (Å²) in [5.74, 6) is 0. The molecule has 2 aliphatic carbocycles. The summed E-state index contributed by atoms with van der Waals surface area (Å²) >= 11 is 0. The molecular formula is C17H24O. The van der Waals surface area contributed by atoms with Gasteiger partial charge in [0.1, 0.15) is 0 Å². The van der Waals surface area contributed by atoms with Crippen LogP contribution in [0.1, 0.15) is 62.5 Å². The monoisotopic (exact) mass is 244 g/mol. The largest absolute Gasteiger partial charge is 0.385 e. The summed E-state index contributed by atoms with van der Waals surface area (Å²) in [6, 6.07) is 8.43. The zero-order chi connectivity index (χ0) is 12.6. The molecule has 1 heteroatoms. The highest BCUT2D eigenvalue weighted by molar-refractivity contribution is 5.28. The highest BCUT2D eigenvalue weighted by Crippen LogP contribution is 2.53. The van der Waals surface area contributed by atoms with Crippen molar-refractivity contribution in [1.29, 1.82) is 0 Å². The van der Waals surface area contributed by atoms with Gasteiger partial charge in [0.05, 0.1) is 5.60 Å². The molecular weight excluding hydrogens is 220 g/mol. The second kappa shape index (κ2) is 4.38. The molecule has 0 aromatic heterocycles. The molecule has 0 heterocycles. The van der Waals surface area contributed by atoms with E-state index in [4.69, 9.17) is 0 Å². The fourth-order valence-corrected chi connectivity index (χ4v) is 4.04. The van der Waals surface area contributed by atoms with Gasteiger partial charge >= 0.3 is 0 Å². The number of hydrogen-bond donors (Lipinski definition) is 1. The first-order valence-electron chi connectivity index (χ1n) is 7.42. The summed E-state index contributed by atoms with van der Waals surface area (Å²) in [7, 11) is 0. The van der Waals surface area contributed by atoms with E-state index in [0.29, 0.717) is 5.41 Å². The van der Waals surface area contributed by atoms with Crippen molar-refractivity contribution in [3.05, 3.63) is 35.4 Å². The topological polar surface area (TPSA) is 20.2 Å². The van der Waals surface area contributed by atoms with Crippen LogP contribution in [0, 0.1) is 12.3 Å². The van der Waals surface area contributed by atoms with E-state index in [1.165, 1.54) is 44.1 Å². The zero-order valence-electron chi connectivity index (χ0n) is 11.4. The van der Waals surface area contributed by atoms with Gasteiger partial charge in [0.2, 0.25) is 0 Å². The standard InChI is InChI=1S/C17H24O/c1-14-5-4-6-15(13-14)17(18)11-9-16(10-12-17)7-2-3-8-16/h4-6,13,18H,2-3,7-12H2,1H3. The number of hydrogen-bond acceptors (Lipinski definition) is 1. The lowest BCUT2D eigenvalue weighted by atomic mass is 9.66. The Kier molecular flexibility index (Phi) is 2.97. The minimum Gasteiger partial charge on any atom is -0.385 e. The lowest BCUT2D eigenvalue weighted by Crippen LogP contribution is -2.36. The number of aryl methyl sites for hydroxylation is 1. The van der Waals surface area contributed by atoms with Gasteiger partial charge < -0.3 is 5.11 Å². The van der Waals surface area contributed by atoms with E-state index in [1.54, 1.807) is 0 Å². The number of rotatable bonds is 1. The van der Waals surface area contributed by atoms with Crippen molar-refractivity contribution in [2.24, 2.45) is 5.41 Å². The predicted molar refractivity (Wildman–Crippen MR) is 74.4 cm³/mol. The second-order valence-electron chi connectivity index (χ2n) is 6.61. The maximum absolute atomic E-state index is 10.9. The predicted octanol–water partition coefficient (Wildman–Crippen LogP) is 4.32. The molecule has 0 atom stereocenters. The van der Waals surface area contributed by atoms with Crippen LogP contribution in [0.2, 0.25) is 0 Å². The Morgan fingerprint density at radius 2 is 1.61 bits per heavy atom. The Bertz CT molecular complexity index is 419. The number of benzene rings is 1. The minimum absolute atomic E-state index is 0.556. The van der Waals surface area contributed by atoms with E-state index in [0.717, 1.165) is 18.4 Å². The molecule has 0 radical (unpaired) electrons. The smallest absolute Gasteiger partial charge is 0.0897 e. The molecule has 1 N–H and O–H groups in total. The third kappa shape index (κ3) is 2.09. The first-order chi connectivity index (χ1) is 8.62. The molecule has 18 heavy (non-hydrogen) atoms. The summed E-state index contributed by atoms with van der Waals surface area (Å²) in [6.45, 7) is 2.11. The van der Waals surface area contributed by atoms with E-state index >= 15 is 0 Å². The van der Waals surface area contributed by atoms with Crippen LogP contribution < -0.4 is 0 Å². The molecule has 2 aliphatic rings. The molecule has 0 bridgehead atoms. The van der Waals surface area contributed by atoms with Crippen molar-refractivity contribution >= 4 is 0 Å². The first-order valence-corrected chi connectivity index (χ1v) is 7.42. The normalized spacial score (nSPS) is 25.4. The van der Waals surface area contributed by atoms with Crippen molar-refractivity contribution in [3.63, 3.8) is 0 Å². The van der Waals surface area contributed by atoms with Crippen LogP contribution in [0.25, 0.3) is 0 Å². The SMILES string of the molecule is Cc1cccc(C2(O)CCC3(CCCC3)CC2)c1. The molecule has 0 amide bonds. The highest BCUT2D eigenvalue weighted by atomic mass is 16.3. The van der Waals surface area contributed by atoms with Crippen molar-refractivity contribution in [2.75, 3.05) is 0 Å². The van der Waals surface area contributed by atoms with Crippen molar-refractivity contribution in [2.45, 2.75) is 63.9 Å². The average molecular weight is 244 g/mol. The molecule has 2 fully saturated rings. The van der Waals surface area contributed by atoms with Gasteiger partial charge in [-0.2, -0.15) is 0 Å². The minimum atomic E-state index is -0.556. The van der Waals surface area contributed by atoms with Gasteiger partial charge in [-0.25, -0.2) is 0 Å². The zero-order valence-corrected chi connectivity index (χ0v) is 11.4. The van der Waals surface area contributed by atoms with Gasteiger partial charge in [-0.15, -0.1) is 0 Å². The molecule has 0 aliphatic heterocycles. The third-order valence-electron chi connectivity index (χ3n) is 5.36. The molecule has 1 spiro atoms. The fourth-order valence-electron chi connectivity index (χ4n) is 4.04. The van der Waals surface area contributed by atoms with Crippen LogP contribution in [0.3, 0.4) is 0 Å². The Labute approximate surface area is 110 Å². The summed E-state index contributed by atoms with van der Waals surface area (Å²) in [5.41, 5.74) is 2.42. The summed E-state index contributed by atoms with van der Waals surface area (Å²) in [5, 5.41) is 10.9. The van der Waals surface area contributed by atoms with Crippen molar-refractivity contribution in [1.82, 2.24) is 0 Å². The van der Waals surface area contributed by atoms with Gasteiger partial charge in [-0.1, -0.05) is 42.7 Å². The Morgan fingerprint density at radius 1 is 0.944 bits per heavy atom. The Hall–Kier alpha value is -0.820. The Balaban J connectivity index is 1.78. The van der Waals surface area contributed by atoms with Gasteiger partial charge in [-0.3, -0.25) is 0 Å². The molecule has 98 valence electrons. The van der Waals surface area contributed by atoms with Crippen LogP contribution in [0.15, 0.2) is 24.3 Å². The second-order valence-corrected chi connectivity index (χ2v) is 6.61. The average Bonchev–Trinajstić information content (AvgIpc) is 2.83. The quantitative estimate of drug-likeness (QED) is 0.780. The maximum atomic E-state index is 10.9. The van der Waals surface area contributed by atoms with E-state index in [1.807, 2.05) is 0 Å². The third-order valence-corrected chi connectivity index (χ3v) is 5.36. The molecule has 0 saturated heterocycles. The van der Waals surface area contributed by atoms with Gasteiger partial charge in [0.25, 0.3) is 0 Å². The van der Waals surface area contributed by atoms with Crippen LogP contribution in [-0.4, -0.2) is 5.11 Å². The van der Waals surface area contributed by atoms with Crippen molar-refractivity contribution < 1.29 is 5.11 Å². The maximum Gasteiger partial charge on any atom is 0.0897 e. The van der Waals surface area contributed by atoms with Gasteiger partial charge in [0, 0.05) is 0 Å². The van der Waals surface area contributed by atoms with Crippen LogP contribution in [-0.2, 0) is 5.60 Å².